The molecular weight excluding hydrogens is 673 g/mol. The number of hydrogen-bond donors (Lipinski definition) is 4. The zero-order valence-electron chi connectivity index (χ0n) is 26.2. The molecule has 6 aromatic rings. The molecule has 6 rings (SSSR count). The van der Waals surface area contributed by atoms with Crippen LogP contribution in [-0.4, -0.2) is 36.8 Å². The topological polar surface area (TPSA) is 196 Å². The van der Waals surface area contributed by atoms with E-state index in [-0.39, 0.29) is 33.1 Å². The van der Waals surface area contributed by atoms with E-state index in [1.54, 1.807) is 24.3 Å². The van der Waals surface area contributed by atoms with Crippen LogP contribution in [0.4, 0.5) is 23.3 Å². The van der Waals surface area contributed by atoms with Crippen molar-refractivity contribution in [1.29, 1.82) is 0 Å². The number of hydrogen-bond acceptors (Lipinski definition) is 10. The van der Waals surface area contributed by atoms with E-state index in [0.29, 0.717) is 22.8 Å². The van der Waals surface area contributed by atoms with E-state index in [9.17, 15) is 16.8 Å². The van der Waals surface area contributed by atoms with Gasteiger partial charge in [0.15, 0.2) is 0 Å². The monoisotopic (exact) mass is 702 g/mol. The van der Waals surface area contributed by atoms with Crippen molar-refractivity contribution >= 4 is 67.6 Å². The summed E-state index contributed by atoms with van der Waals surface area (Å²) in [7, 11) is -8.25. The minimum atomic E-state index is -4.13. The normalized spacial score (nSPS) is 11.9. The Kier molecular flexibility index (Phi) is 9.65. The molecule has 0 atom stereocenters. The van der Waals surface area contributed by atoms with Crippen LogP contribution < -0.4 is 20.9 Å². The molecule has 250 valence electrons. The van der Waals surface area contributed by atoms with Gasteiger partial charge in [-0.25, -0.2) is 46.2 Å². The molecule has 0 spiro atoms. The number of rotatable bonds is 11. The predicted molar refractivity (Wildman–Crippen MR) is 197 cm³/mol. The van der Waals surface area contributed by atoms with Gasteiger partial charge >= 0.3 is 0 Å². The standard InChI is InChI=1S/C36H30N8O4S2/c37-27-13-19-31(20-14-27)49(45,46)43-35-39-29(17-11-25-7-3-1-4-8-25)23-33(41-35)34-24-30(18-12-26-9-5-2-6-10-26)40-36(42-34)44-50(47,48)32-21-15-28(38)16-22-32/h1-24H,37-38H2,(H,39,41,43)(H,40,42,44)/b17-11+,18-12+. The smallest absolute Gasteiger partial charge is 0.264 e. The van der Waals surface area contributed by atoms with Crippen molar-refractivity contribution < 1.29 is 16.8 Å². The number of aromatic nitrogens is 4. The van der Waals surface area contributed by atoms with Gasteiger partial charge in [-0.1, -0.05) is 72.8 Å². The molecule has 0 aliphatic carbocycles. The number of nitrogens with two attached hydrogens (primary N) is 2. The van der Waals surface area contributed by atoms with Gasteiger partial charge in [0.2, 0.25) is 11.9 Å². The van der Waals surface area contributed by atoms with Crippen LogP contribution in [0.15, 0.2) is 131 Å². The lowest BCUT2D eigenvalue weighted by Crippen LogP contribution is -2.16. The summed E-state index contributed by atoms with van der Waals surface area (Å²) in [6, 6.07) is 33.5. The average Bonchev–Trinajstić information content (AvgIpc) is 3.10. The Morgan fingerprint density at radius 1 is 0.460 bits per heavy atom. The molecule has 2 heterocycles. The molecule has 12 nitrogen and oxygen atoms in total. The first-order valence-electron chi connectivity index (χ1n) is 15.0. The Morgan fingerprint density at radius 2 is 0.820 bits per heavy atom. The molecule has 50 heavy (non-hydrogen) atoms. The van der Waals surface area contributed by atoms with Crippen LogP contribution in [0.2, 0.25) is 0 Å². The Balaban J connectivity index is 1.45. The minimum Gasteiger partial charge on any atom is -0.399 e. The molecule has 14 heteroatoms. The van der Waals surface area contributed by atoms with E-state index in [2.05, 4.69) is 29.4 Å². The van der Waals surface area contributed by atoms with Crippen LogP contribution in [0.25, 0.3) is 35.7 Å². The van der Waals surface area contributed by atoms with Crippen molar-refractivity contribution in [2.75, 3.05) is 20.9 Å². The van der Waals surface area contributed by atoms with Gasteiger partial charge in [0.1, 0.15) is 0 Å². The summed E-state index contributed by atoms with van der Waals surface area (Å²) >= 11 is 0. The van der Waals surface area contributed by atoms with Crippen molar-refractivity contribution in [2.45, 2.75) is 9.79 Å². The van der Waals surface area contributed by atoms with Gasteiger partial charge in [-0.2, -0.15) is 0 Å². The molecule has 0 unspecified atom stereocenters. The second-order valence-electron chi connectivity index (χ2n) is 10.8. The summed E-state index contributed by atoms with van der Waals surface area (Å²) in [4.78, 5) is 17.8. The number of nitrogens with one attached hydrogen (secondary N) is 2. The first-order chi connectivity index (χ1) is 24.0. The number of nitrogen functional groups attached to an aromatic ring is 2. The summed E-state index contributed by atoms with van der Waals surface area (Å²) in [5, 5.41) is 0. The molecule has 4 aromatic carbocycles. The van der Waals surface area contributed by atoms with Gasteiger partial charge in [0.05, 0.1) is 32.6 Å². The maximum absolute atomic E-state index is 13.3. The van der Waals surface area contributed by atoms with Crippen molar-refractivity contribution in [2.24, 2.45) is 0 Å². The molecular formula is C36H30N8O4S2. The van der Waals surface area contributed by atoms with E-state index < -0.39 is 20.0 Å². The zero-order valence-corrected chi connectivity index (χ0v) is 27.9. The molecule has 0 saturated heterocycles. The molecule has 0 amide bonds. The van der Waals surface area contributed by atoms with Gasteiger partial charge in [0, 0.05) is 11.4 Å². The molecule has 0 bridgehead atoms. The van der Waals surface area contributed by atoms with Crippen LogP contribution >= 0.6 is 0 Å². The fraction of sp³-hybridized carbons (Fsp3) is 0. The lowest BCUT2D eigenvalue weighted by atomic mass is 10.1. The van der Waals surface area contributed by atoms with Crippen LogP contribution in [0.3, 0.4) is 0 Å². The minimum absolute atomic E-state index is 0.0446. The second kappa shape index (κ2) is 14.4. The van der Waals surface area contributed by atoms with Crippen molar-refractivity contribution in [3.63, 3.8) is 0 Å². The highest BCUT2D eigenvalue weighted by atomic mass is 32.2. The molecule has 0 aliphatic rings. The number of sulfonamides is 2. The Labute approximate surface area is 289 Å². The molecule has 0 aliphatic heterocycles. The summed E-state index contributed by atoms with van der Waals surface area (Å²) in [5.74, 6) is -0.480. The highest BCUT2D eigenvalue weighted by Gasteiger charge is 2.20. The van der Waals surface area contributed by atoms with Crippen LogP contribution in [-0.2, 0) is 20.0 Å². The van der Waals surface area contributed by atoms with E-state index in [4.69, 9.17) is 11.5 Å². The van der Waals surface area contributed by atoms with Crippen LogP contribution in [0.1, 0.15) is 22.5 Å². The van der Waals surface area contributed by atoms with Crippen molar-refractivity contribution in [3.8, 4) is 11.4 Å². The molecule has 6 N–H and O–H groups in total. The summed E-state index contributed by atoms with van der Waals surface area (Å²) in [5.41, 5.74) is 15.1. The molecule has 0 radical (unpaired) electrons. The largest absolute Gasteiger partial charge is 0.399 e. The van der Waals surface area contributed by atoms with Crippen LogP contribution in [0.5, 0.6) is 0 Å². The maximum Gasteiger partial charge on any atom is 0.264 e. The molecule has 2 aromatic heterocycles. The van der Waals surface area contributed by atoms with E-state index in [1.807, 2.05) is 72.8 Å². The summed E-state index contributed by atoms with van der Waals surface area (Å²) in [6.45, 7) is 0. The van der Waals surface area contributed by atoms with Crippen molar-refractivity contribution in [3.05, 3.63) is 144 Å². The Hall–Kier alpha value is -6.38. The average molecular weight is 703 g/mol. The van der Waals surface area contributed by atoms with Gasteiger partial charge in [-0.3, -0.25) is 0 Å². The lowest BCUT2D eigenvalue weighted by Gasteiger charge is -2.12. The van der Waals surface area contributed by atoms with E-state index >= 15 is 0 Å². The third-order valence-electron chi connectivity index (χ3n) is 7.08. The highest BCUT2D eigenvalue weighted by Crippen LogP contribution is 2.25. The first kappa shape index (κ1) is 33.5. The van der Waals surface area contributed by atoms with Gasteiger partial charge in [0.25, 0.3) is 20.0 Å². The quantitative estimate of drug-likeness (QED) is 0.116. The third kappa shape index (κ3) is 8.55. The fourth-order valence-electron chi connectivity index (χ4n) is 4.60. The Morgan fingerprint density at radius 3 is 1.18 bits per heavy atom. The second-order valence-corrected chi connectivity index (χ2v) is 14.2. The maximum atomic E-state index is 13.3. The van der Waals surface area contributed by atoms with Crippen molar-refractivity contribution in [1.82, 2.24) is 19.9 Å². The number of nitrogens with zero attached hydrogens (tertiary/aromatic N) is 4. The van der Waals surface area contributed by atoms with Gasteiger partial charge in [-0.15, -0.1) is 0 Å². The molecule has 0 fully saturated rings. The van der Waals surface area contributed by atoms with E-state index in [0.717, 1.165) is 11.1 Å². The first-order valence-corrected chi connectivity index (χ1v) is 18.0. The third-order valence-corrected chi connectivity index (χ3v) is 9.77. The molecule has 0 saturated carbocycles. The van der Waals surface area contributed by atoms with Gasteiger partial charge in [-0.05, 0) is 83.9 Å². The summed E-state index contributed by atoms with van der Waals surface area (Å²) in [6.07, 6.45) is 7.02. The van der Waals surface area contributed by atoms with Crippen LogP contribution in [0, 0.1) is 0 Å². The highest BCUT2D eigenvalue weighted by molar-refractivity contribution is 7.93. The predicted octanol–water partition coefficient (Wildman–Crippen LogP) is 6.04. The Bertz CT molecular complexity index is 2230. The number of anilines is 4. The van der Waals surface area contributed by atoms with Gasteiger partial charge < -0.3 is 11.5 Å². The SMILES string of the molecule is Nc1ccc(S(=O)(=O)Nc2nc(/C=C/c3ccccc3)cc(-c3cc(/C=C/c4ccccc4)nc(NS(=O)(=O)c4ccc(N)cc4)n3)n2)cc1. The number of benzene rings is 4. The fourth-order valence-corrected chi connectivity index (χ4v) is 6.49. The van der Waals surface area contributed by atoms with E-state index in [1.165, 1.54) is 48.5 Å². The summed E-state index contributed by atoms with van der Waals surface area (Å²) < 4.78 is 58.2. The zero-order chi connectivity index (χ0) is 35.1. The lowest BCUT2D eigenvalue weighted by molar-refractivity contribution is 0.599.